The molecule has 1 heterocycles. The molecule has 7 nitrogen and oxygen atoms in total. The van der Waals surface area contributed by atoms with Gasteiger partial charge in [0.2, 0.25) is 0 Å². The molecule has 2 N–H and O–H groups in total. The van der Waals surface area contributed by atoms with E-state index in [0.717, 1.165) is 56.0 Å². The molecule has 27 heavy (non-hydrogen) atoms. The highest BCUT2D eigenvalue weighted by Gasteiger charge is 2.42. The van der Waals surface area contributed by atoms with Gasteiger partial charge in [-0.25, -0.2) is 0 Å². The lowest BCUT2D eigenvalue weighted by molar-refractivity contribution is -0.135. The SMILES string of the molecule is CN(C#N)C(=O)C1(NC(=O)c2ccc(N3CCNCC3)cc2)CCCCC1. The van der Waals surface area contributed by atoms with Gasteiger partial charge in [-0.15, -0.1) is 0 Å². The molecular formula is C20H27N5O2. The second-order valence-electron chi connectivity index (χ2n) is 7.34. The van der Waals surface area contributed by atoms with Crippen LogP contribution in [0.2, 0.25) is 0 Å². The number of amides is 2. The smallest absolute Gasteiger partial charge is 0.261 e. The molecule has 0 radical (unpaired) electrons. The van der Waals surface area contributed by atoms with Crippen molar-refractivity contribution in [2.75, 3.05) is 38.1 Å². The number of benzene rings is 1. The third-order valence-corrected chi connectivity index (χ3v) is 5.54. The zero-order valence-corrected chi connectivity index (χ0v) is 15.8. The van der Waals surface area contributed by atoms with E-state index in [1.807, 2.05) is 30.5 Å². The Kier molecular flexibility index (Phi) is 5.97. The predicted octanol–water partition coefficient (Wildman–Crippen LogP) is 1.47. The maximum Gasteiger partial charge on any atom is 0.261 e. The quantitative estimate of drug-likeness (QED) is 0.620. The number of piperazine rings is 1. The third kappa shape index (κ3) is 4.22. The minimum Gasteiger partial charge on any atom is -0.369 e. The fraction of sp³-hybridized carbons (Fsp3) is 0.550. The van der Waals surface area contributed by atoms with Gasteiger partial charge in [0.1, 0.15) is 5.54 Å². The highest BCUT2D eigenvalue weighted by atomic mass is 16.2. The van der Waals surface area contributed by atoms with Crippen molar-refractivity contribution in [1.82, 2.24) is 15.5 Å². The molecule has 3 rings (SSSR count). The van der Waals surface area contributed by atoms with Gasteiger partial charge in [-0.3, -0.25) is 14.5 Å². The lowest BCUT2D eigenvalue weighted by Crippen LogP contribution is -2.59. The normalized spacial score (nSPS) is 19.0. The van der Waals surface area contributed by atoms with Crippen LogP contribution in [0, 0.1) is 11.5 Å². The van der Waals surface area contributed by atoms with Gasteiger partial charge in [-0.1, -0.05) is 19.3 Å². The minimum absolute atomic E-state index is 0.261. The molecule has 0 aromatic heterocycles. The van der Waals surface area contributed by atoms with Crippen molar-refractivity contribution in [3.05, 3.63) is 29.8 Å². The average Bonchev–Trinajstić information content (AvgIpc) is 2.74. The van der Waals surface area contributed by atoms with E-state index in [1.165, 1.54) is 7.05 Å². The van der Waals surface area contributed by atoms with Crippen LogP contribution >= 0.6 is 0 Å². The van der Waals surface area contributed by atoms with Crippen LogP contribution in [0.4, 0.5) is 5.69 Å². The summed E-state index contributed by atoms with van der Waals surface area (Å²) in [7, 11) is 1.45. The van der Waals surface area contributed by atoms with E-state index < -0.39 is 5.54 Å². The zero-order valence-electron chi connectivity index (χ0n) is 15.8. The molecule has 2 fully saturated rings. The van der Waals surface area contributed by atoms with Crippen LogP contribution in [0.15, 0.2) is 24.3 Å². The molecule has 144 valence electrons. The van der Waals surface area contributed by atoms with E-state index >= 15 is 0 Å². The summed E-state index contributed by atoms with van der Waals surface area (Å²) in [5.41, 5.74) is 0.656. The number of carbonyl (C=O) groups is 2. The maximum absolute atomic E-state index is 12.8. The molecule has 1 saturated heterocycles. The Morgan fingerprint density at radius 3 is 2.37 bits per heavy atom. The first-order valence-electron chi connectivity index (χ1n) is 9.62. The molecule has 7 heteroatoms. The van der Waals surface area contributed by atoms with E-state index in [9.17, 15) is 9.59 Å². The Labute approximate surface area is 160 Å². The largest absolute Gasteiger partial charge is 0.369 e. The summed E-state index contributed by atoms with van der Waals surface area (Å²) in [6.45, 7) is 3.81. The van der Waals surface area contributed by atoms with Gasteiger partial charge in [0.25, 0.3) is 11.8 Å². The first kappa shape index (κ1) is 19.2. The third-order valence-electron chi connectivity index (χ3n) is 5.54. The topological polar surface area (TPSA) is 88.5 Å². The van der Waals surface area contributed by atoms with E-state index in [-0.39, 0.29) is 11.8 Å². The van der Waals surface area contributed by atoms with Crippen molar-refractivity contribution in [3.63, 3.8) is 0 Å². The summed E-state index contributed by atoms with van der Waals surface area (Å²) < 4.78 is 0. The van der Waals surface area contributed by atoms with Crippen LogP contribution in [0.1, 0.15) is 42.5 Å². The molecule has 2 amide bonds. The van der Waals surface area contributed by atoms with E-state index in [0.29, 0.717) is 18.4 Å². The number of rotatable bonds is 4. The van der Waals surface area contributed by atoms with Crippen molar-refractivity contribution in [2.45, 2.75) is 37.6 Å². The molecule has 1 aromatic rings. The van der Waals surface area contributed by atoms with E-state index in [2.05, 4.69) is 15.5 Å². The fourth-order valence-corrected chi connectivity index (χ4v) is 3.95. The number of hydrogen-bond donors (Lipinski definition) is 2. The van der Waals surface area contributed by atoms with Crippen LogP contribution in [-0.4, -0.2) is 55.5 Å². The van der Waals surface area contributed by atoms with Crippen molar-refractivity contribution < 1.29 is 9.59 Å². The summed E-state index contributed by atoms with van der Waals surface area (Å²) in [5.74, 6) is -0.584. The van der Waals surface area contributed by atoms with Crippen molar-refractivity contribution in [2.24, 2.45) is 0 Å². The van der Waals surface area contributed by atoms with Crippen LogP contribution in [0.3, 0.4) is 0 Å². The minimum atomic E-state index is -0.975. The van der Waals surface area contributed by atoms with Crippen LogP contribution in [0.5, 0.6) is 0 Å². The van der Waals surface area contributed by atoms with Gasteiger partial charge in [-0.05, 0) is 37.1 Å². The van der Waals surface area contributed by atoms with Crippen molar-refractivity contribution >= 4 is 17.5 Å². The number of likely N-dealkylation sites (N-methyl/N-ethyl adjacent to an activating group) is 1. The van der Waals surface area contributed by atoms with Crippen LogP contribution < -0.4 is 15.5 Å². The summed E-state index contributed by atoms with van der Waals surface area (Å²) in [4.78, 5) is 28.9. The maximum atomic E-state index is 12.8. The molecule has 0 spiro atoms. The molecule has 2 aliphatic rings. The van der Waals surface area contributed by atoms with E-state index in [1.54, 1.807) is 0 Å². The van der Waals surface area contributed by atoms with Gasteiger partial charge >= 0.3 is 0 Å². The Morgan fingerprint density at radius 1 is 1.15 bits per heavy atom. The first-order chi connectivity index (χ1) is 13.1. The summed E-state index contributed by atoms with van der Waals surface area (Å²) in [5, 5.41) is 15.4. The predicted molar refractivity (Wildman–Crippen MR) is 103 cm³/mol. The van der Waals surface area contributed by atoms with Gasteiger partial charge in [0.15, 0.2) is 6.19 Å². The van der Waals surface area contributed by atoms with Crippen molar-refractivity contribution in [1.29, 1.82) is 5.26 Å². The molecule has 1 saturated carbocycles. The first-order valence-corrected chi connectivity index (χ1v) is 9.62. The van der Waals surface area contributed by atoms with Gasteiger partial charge in [0, 0.05) is 44.5 Å². The summed E-state index contributed by atoms with van der Waals surface area (Å²) in [6, 6.07) is 7.53. The Hall–Kier alpha value is -2.59. The van der Waals surface area contributed by atoms with Crippen molar-refractivity contribution in [3.8, 4) is 6.19 Å². The number of carbonyl (C=O) groups excluding carboxylic acids is 2. The molecule has 1 aliphatic heterocycles. The monoisotopic (exact) mass is 369 g/mol. The number of nitrogens with zero attached hydrogens (tertiary/aromatic N) is 3. The zero-order chi connectivity index (χ0) is 19.3. The van der Waals surface area contributed by atoms with Crippen LogP contribution in [-0.2, 0) is 4.79 Å². The molecule has 1 aromatic carbocycles. The van der Waals surface area contributed by atoms with E-state index in [4.69, 9.17) is 5.26 Å². The Morgan fingerprint density at radius 2 is 1.78 bits per heavy atom. The highest BCUT2D eigenvalue weighted by Crippen LogP contribution is 2.30. The summed E-state index contributed by atoms with van der Waals surface area (Å²) in [6.07, 6.45) is 5.79. The second-order valence-corrected chi connectivity index (χ2v) is 7.34. The number of nitriles is 1. The van der Waals surface area contributed by atoms with Gasteiger partial charge in [-0.2, -0.15) is 5.26 Å². The standard InChI is InChI=1S/C20H27N5O2/c1-24(15-21)19(27)20(9-3-2-4-10-20)23-18(26)16-5-7-17(8-6-16)25-13-11-22-12-14-25/h5-8,22H,2-4,9-14H2,1H3,(H,23,26). The van der Waals surface area contributed by atoms with Gasteiger partial charge < -0.3 is 15.5 Å². The van der Waals surface area contributed by atoms with Gasteiger partial charge in [0.05, 0.1) is 0 Å². The number of anilines is 1. The second kappa shape index (κ2) is 8.40. The lowest BCUT2D eigenvalue weighted by Gasteiger charge is -2.37. The fourth-order valence-electron chi connectivity index (χ4n) is 3.95. The lowest BCUT2D eigenvalue weighted by atomic mass is 9.80. The molecule has 0 unspecified atom stereocenters. The molecular weight excluding hydrogens is 342 g/mol. The molecule has 1 aliphatic carbocycles. The summed E-state index contributed by atoms with van der Waals surface area (Å²) >= 11 is 0. The highest BCUT2D eigenvalue weighted by molar-refractivity contribution is 5.99. The molecule has 0 atom stereocenters. The molecule has 0 bridgehead atoms. The Bertz CT molecular complexity index is 713. The van der Waals surface area contributed by atoms with Crippen LogP contribution in [0.25, 0.3) is 0 Å². The number of hydrogen-bond acceptors (Lipinski definition) is 5. The Balaban J connectivity index is 1.73. The average molecular weight is 369 g/mol. The number of nitrogens with one attached hydrogen (secondary N) is 2.